The third kappa shape index (κ3) is 7.37. The van der Waals surface area contributed by atoms with Crippen LogP contribution in [0.15, 0.2) is 53.3 Å². The molecule has 9 nitrogen and oxygen atoms in total. The first-order chi connectivity index (χ1) is 17.7. The Bertz CT molecular complexity index is 1360. The second-order valence-corrected chi connectivity index (χ2v) is 10.2. The van der Waals surface area contributed by atoms with Gasteiger partial charge >= 0.3 is 18.0 Å². The third-order valence-electron chi connectivity index (χ3n) is 5.32. The molecule has 13 heteroatoms. The first-order valence-corrected chi connectivity index (χ1v) is 11.8. The van der Waals surface area contributed by atoms with E-state index >= 15 is 0 Å². The fourth-order valence-corrected chi connectivity index (χ4v) is 3.91. The zero-order chi connectivity index (χ0) is 28.3. The predicted octanol–water partition coefficient (Wildman–Crippen LogP) is 4.38. The zero-order valence-electron chi connectivity index (χ0n) is 20.9. The monoisotopic (exact) mass is 553 g/mol. The SMILES string of the molecule is CC(C)(C)Cn1c(-c2ccc(Cl)cc2)nn(CC(=O)NC(COC(N)=O)c2ccccc2C(F)(F)F)c1=O. The maximum atomic E-state index is 13.6. The quantitative estimate of drug-likeness (QED) is 0.429. The molecule has 3 aromatic rings. The molecule has 0 bridgehead atoms. The molecule has 1 heterocycles. The van der Waals surface area contributed by atoms with Gasteiger partial charge in [-0.05, 0) is 41.3 Å². The average molecular weight is 554 g/mol. The Hall–Kier alpha value is -3.80. The van der Waals surface area contributed by atoms with Crippen molar-refractivity contribution in [3.8, 4) is 11.4 Å². The van der Waals surface area contributed by atoms with Crippen LogP contribution in [0.1, 0.15) is 37.9 Å². The summed E-state index contributed by atoms with van der Waals surface area (Å²) in [5.41, 5.74) is 3.32. The molecule has 0 spiro atoms. The highest BCUT2D eigenvalue weighted by Gasteiger charge is 2.35. The molecule has 0 saturated heterocycles. The van der Waals surface area contributed by atoms with Crippen LogP contribution in [0.5, 0.6) is 0 Å². The lowest BCUT2D eigenvalue weighted by molar-refractivity contribution is -0.139. The van der Waals surface area contributed by atoms with E-state index in [0.29, 0.717) is 16.4 Å². The summed E-state index contributed by atoms with van der Waals surface area (Å²) in [5, 5.41) is 7.21. The van der Waals surface area contributed by atoms with E-state index < -0.39 is 48.6 Å². The molecule has 0 radical (unpaired) electrons. The van der Waals surface area contributed by atoms with E-state index in [1.54, 1.807) is 24.3 Å². The fourth-order valence-electron chi connectivity index (χ4n) is 3.78. The number of primary amides is 1. The highest BCUT2D eigenvalue weighted by molar-refractivity contribution is 6.30. The topological polar surface area (TPSA) is 121 Å². The van der Waals surface area contributed by atoms with E-state index in [4.69, 9.17) is 22.1 Å². The molecule has 0 aliphatic carbocycles. The second-order valence-electron chi connectivity index (χ2n) is 9.75. The highest BCUT2D eigenvalue weighted by atomic mass is 35.5. The van der Waals surface area contributed by atoms with E-state index in [1.807, 2.05) is 20.8 Å². The Morgan fingerprint density at radius 1 is 1.11 bits per heavy atom. The van der Waals surface area contributed by atoms with Gasteiger partial charge in [0, 0.05) is 17.1 Å². The van der Waals surface area contributed by atoms with Crippen LogP contribution < -0.4 is 16.7 Å². The molecule has 38 heavy (non-hydrogen) atoms. The van der Waals surface area contributed by atoms with Gasteiger partial charge in [-0.1, -0.05) is 50.6 Å². The lowest BCUT2D eigenvalue weighted by Crippen LogP contribution is -2.39. The van der Waals surface area contributed by atoms with E-state index in [0.717, 1.165) is 16.8 Å². The molecule has 3 N–H and O–H groups in total. The van der Waals surface area contributed by atoms with Crippen LogP contribution in [0.4, 0.5) is 18.0 Å². The molecule has 0 fully saturated rings. The van der Waals surface area contributed by atoms with Crippen molar-refractivity contribution in [1.82, 2.24) is 19.7 Å². The van der Waals surface area contributed by atoms with Crippen LogP contribution in [0.2, 0.25) is 5.02 Å². The number of nitrogens with zero attached hydrogens (tertiary/aromatic N) is 3. The minimum absolute atomic E-state index is 0.277. The largest absolute Gasteiger partial charge is 0.447 e. The zero-order valence-corrected chi connectivity index (χ0v) is 21.6. The van der Waals surface area contributed by atoms with Gasteiger partial charge in [0.2, 0.25) is 5.91 Å². The smallest absolute Gasteiger partial charge is 0.416 e. The maximum absolute atomic E-state index is 13.6. The molecule has 0 saturated carbocycles. The summed E-state index contributed by atoms with van der Waals surface area (Å²) in [5.74, 6) is -0.532. The lowest BCUT2D eigenvalue weighted by Gasteiger charge is -2.22. The number of alkyl halides is 3. The summed E-state index contributed by atoms with van der Waals surface area (Å²) in [4.78, 5) is 37.3. The number of nitrogens with two attached hydrogens (primary N) is 1. The lowest BCUT2D eigenvalue weighted by atomic mass is 9.97. The Morgan fingerprint density at radius 2 is 1.74 bits per heavy atom. The van der Waals surface area contributed by atoms with Crippen LogP contribution in [0.3, 0.4) is 0 Å². The summed E-state index contributed by atoms with van der Waals surface area (Å²) < 4.78 is 47.9. The second kappa shape index (κ2) is 11.3. The maximum Gasteiger partial charge on any atom is 0.416 e. The number of hydrogen-bond donors (Lipinski definition) is 2. The molecule has 1 unspecified atom stereocenters. The van der Waals surface area contributed by atoms with Gasteiger partial charge < -0.3 is 15.8 Å². The van der Waals surface area contributed by atoms with Crippen molar-refractivity contribution in [3.63, 3.8) is 0 Å². The van der Waals surface area contributed by atoms with Crippen molar-refractivity contribution in [2.24, 2.45) is 11.1 Å². The van der Waals surface area contributed by atoms with Gasteiger partial charge in [-0.15, -0.1) is 5.10 Å². The molecule has 3 rings (SSSR count). The molecule has 1 atom stereocenters. The minimum Gasteiger partial charge on any atom is -0.447 e. The predicted molar refractivity (Wildman–Crippen MR) is 134 cm³/mol. The summed E-state index contributed by atoms with van der Waals surface area (Å²) in [6.45, 7) is 4.80. The van der Waals surface area contributed by atoms with E-state index in [-0.39, 0.29) is 17.5 Å². The molecule has 2 amide bonds. The van der Waals surface area contributed by atoms with Crippen molar-refractivity contribution < 1.29 is 27.5 Å². The Kier molecular flexibility index (Phi) is 8.55. The minimum atomic E-state index is -4.73. The molecular weight excluding hydrogens is 527 g/mol. The number of halogens is 4. The van der Waals surface area contributed by atoms with E-state index in [9.17, 15) is 27.6 Å². The number of hydrogen-bond acceptors (Lipinski definition) is 5. The van der Waals surface area contributed by atoms with Gasteiger partial charge in [0.25, 0.3) is 0 Å². The Labute approximate surface area is 221 Å². The van der Waals surface area contributed by atoms with E-state index in [2.05, 4.69) is 10.4 Å². The highest BCUT2D eigenvalue weighted by Crippen LogP contribution is 2.34. The van der Waals surface area contributed by atoms with Gasteiger partial charge in [0.1, 0.15) is 13.2 Å². The third-order valence-corrected chi connectivity index (χ3v) is 5.57. The number of nitrogens with one attached hydrogen (secondary N) is 1. The number of carbonyl (C=O) groups is 2. The normalized spacial score (nSPS) is 12.7. The van der Waals surface area contributed by atoms with Crippen LogP contribution in [-0.2, 0) is 28.8 Å². The van der Waals surface area contributed by atoms with Gasteiger partial charge in [-0.25, -0.2) is 14.3 Å². The molecule has 204 valence electrons. The number of rotatable bonds is 8. The standard InChI is InChI=1S/C25H27ClF3N5O4/c1-24(2,3)14-33-21(15-8-10-16(26)11-9-15)32-34(23(33)37)12-20(35)31-19(13-38-22(30)36)17-6-4-5-7-18(17)25(27,28)29/h4-11,19H,12-14H2,1-3H3,(H2,30,36)(H,31,35). The number of carbonyl (C=O) groups excluding carboxylic acids is 2. The van der Waals surface area contributed by atoms with Crippen molar-refractivity contribution >= 4 is 23.6 Å². The first kappa shape index (κ1) is 28.8. The van der Waals surface area contributed by atoms with Crippen molar-refractivity contribution in [3.05, 3.63) is 75.2 Å². The summed E-state index contributed by atoms with van der Waals surface area (Å²) in [6.07, 6.45) is -5.96. The van der Waals surface area contributed by atoms with Crippen LogP contribution in [0.25, 0.3) is 11.4 Å². The first-order valence-electron chi connectivity index (χ1n) is 11.5. The van der Waals surface area contributed by atoms with Gasteiger partial charge in [0.15, 0.2) is 5.82 Å². The Balaban J connectivity index is 1.95. The van der Waals surface area contributed by atoms with Gasteiger partial charge in [-0.3, -0.25) is 9.36 Å². The fraction of sp³-hybridized carbons (Fsp3) is 0.360. The van der Waals surface area contributed by atoms with Gasteiger partial charge in [-0.2, -0.15) is 13.2 Å². The van der Waals surface area contributed by atoms with Crippen LogP contribution in [-0.4, -0.2) is 33.0 Å². The molecule has 2 aromatic carbocycles. The molecular formula is C25H27ClF3N5O4. The van der Waals surface area contributed by atoms with E-state index in [1.165, 1.54) is 16.7 Å². The number of ether oxygens (including phenoxy) is 1. The number of amides is 2. The summed E-state index contributed by atoms with van der Waals surface area (Å²) in [6, 6.07) is 9.78. The molecule has 0 aliphatic heterocycles. The summed E-state index contributed by atoms with van der Waals surface area (Å²) in [7, 11) is 0. The van der Waals surface area contributed by atoms with Crippen molar-refractivity contribution in [2.75, 3.05) is 6.61 Å². The molecule has 1 aromatic heterocycles. The van der Waals surface area contributed by atoms with Crippen molar-refractivity contribution in [1.29, 1.82) is 0 Å². The van der Waals surface area contributed by atoms with Crippen molar-refractivity contribution in [2.45, 2.75) is 46.1 Å². The Morgan fingerprint density at radius 3 is 2.32 bits per heavy atom. The van der Waals surface area contributed by atoms with Crippen LogP contribution >= 0.6 is 11.6 Å². The summed E-state index contributed by atoms with van der Waals surface area (Å²) >= 11 is 5.98. The molecule has 0 aliphatic rings. The average Bonchev–Trinajstić information content (AvgIpc) is 3.10. The van der Waals surface area contributed by atoms with Gasteiger partial charge in [0.05, 0.1) is 11.6 Å². The number of benzene rings is 2. The number of aromatic nitrogens is 3. The van der Waals surface area contributed by atoms with Crippen LogP contribution in [0, 0.1) is 5.41 Å².